The summed E-state index contributed by atoms with van der Waals surface area (Å²) in [7, 11) is -7.62. The lowest BCUT2D eigenvalue weighted by atomic mass is 10.2. The largest absolute Gasteiger partial charge is 0.379 e. The molecule has 0 heterocycles. The molecule has 0 aliphatic heterocycles. The average molecular weight is 438 g/mol. The van der Waals surface area contributed by atoms with E-state index in [-0.39, 0.29) is 16.8 Å². The molecule has 0 bridgehead atoms. The van der Waals surface area contributed by atoms with Gasteiger partial charge in [0.2, 0.25) is 0 Å². The molecule has 19 heavy (non-hydrogen) atoms. The summed E-state index contributed by atoms with van der Waals surface area (Å²) in [5, 5.41) is 0.249. The van der Waals surface area contributed by atoms with Gasteiger partial charge < -0.3 is 8.37 Å². The second kappa shape index (κ2) is 5.98. The van der Waals surface area contributed by atoms with Crippen molar-refractivity contribution in [3.63, 3.8) is 0 Å². The molecule has 0 aromatic heterocycles. The molecule has 6 nitrogen and oxygen atoms in total. The van der Waals surface area contributed by atoms with E-state index >= 15 is 0 Å². The minimum Gasteiger partial charge on any atom is -0.379 e. The zero-order valence-corrected chi connectivity index (χ0v) is 14.7. The highest BCUT2D eigenvalue weighted by Gasteiger charge is 2.20. The van der Waals surface area contributed by atoms with Crippen molar-refractivity contribution in [3.05, 3.63) is 22.2 Å². The Balaban J connectivity index is 3.46. The highest BCUT2D eigenvalue weighted by atomic mass is 79.9. The maximum atomic E-state index is 11.2. The first-order valence-electron chi connectivity index (χ1n) is 4.70. The van der Waals surface area contributed by atoms with Crippen molar-refractivity contribution in [2.24, 2.45) is 0 Å². The van der Waals surface area contributed by atoms with Crippen LogP contribution < -0.4 is 8.37 Å². The summed E-state index contributed by atoms with van der Waals surface area (Å²) in [6.07, 6.45) is 1.71. The van der Waals surface area contributed by atoms with Crippen LogP contribution in [0.5, 0.6) is 11.5 Å². The Bertz CT molecular complexity index is 681. The molecule has 1 aromatic rings. The van der Waals surface area contributed by atoms with Gasteiger partial charge in [0.1, 0.15) is 0 Å². The van der Waals surface area contributed by atoms with E-state index in [2.05, 4.69) is 31.9 Å². The van der Waals surface area contributed by atoms with Crippen LogP contribution in [0.2, 0.25) is 0 Å². The zero-order chi connectivity index (χ0) is 14.8. The fourth-order valence-electron chi connectivity index (χ4n) is 1.18. The Labute approximate surface area is 128 Å². The molecule has 0 aliphatic rings. The minimum atomic E-state index is -3.82. The van der Waals surface area contributed by atoms with Crippen LogP contribution in [0.3, 0.4) is 0 Å². The molecule has 0 atom stereocenters. The van der Waals surface area contributed by atoms with Gasteiger partial charge in [-0.25, -0.2) is 0 Å². The van der Waals surface area contributed by atoms with Gasteiger partial charge in [-0.3, -0.25) is 0 Å². The fraction of sp³-hybridized carbons (Fsp3) is 0.333. The number of halogens is 2. The lowest BCUT2D eigenvalue weighted by molar-refractivity contribution is 0.453. The quantitative estimate of drug-likeness (QED) is 0.517. The van der Waals surface area contributed by atoms with E-state index in [1.165, 1.54) is 12.1 Å². The second-order valence-electron chi connectivity index (χ2n) is 3.56. The van der Waals surface area contributed by atoms with Crippen LogP contribution in [0.1, 0.15) is 5.56 Å². The van der Waals surface area contributed by atoms with E-state index in [1.807, 2.05) is 0 Å². The predicted octanol–water partition coefficient (Wildman–Crippen LogP) is 2.02. The van der Waals surface area contributed by atoms with Crippen LogP contribution in [0.4, 0.5) is 0 Å². The SMILES string of the molecule is CS(=O)(=O)Oc1ccc(Br)c(CBr)c1OS(C)(=O)=O. The van der Waals surface area contributed by atoms with Gasteiger partial charge in [-0.05, 0) is 12.1 Å². The summed E-state index contributed by atoms with van der Waals surface area (Å²) >= 11 is 6.39. The van der Waals surface area contributed by atoms with Crippen LogP contribution in [0, 0.1) is 0 Å². The lowest BCUT2D eigenvalue weighted by Gasteiger charge is -2.14. The molecular formula is C9H10Br2O6S2. The summed E-state index contributed by atoms with van der Waals surface area (Å²) < 4.78 is 54.9. The Kier molecular flexibility index (Phi) is 5.27. The van der Waals surface area contributed by atoms with E-state index < -0.39 is 20.2 Å². The van der Waals surface area contributed by atoms with Gasteiger partial charge in [0.05, 0.1) is 12.5 Å². The van der Waals surface area contributed by atoms with Gasteiger partial charge in [-0.15, -0.1) is 0 Å². The smallest absolute Gasteiger partial charge is 0.306 e. The van der Waals surface area contributed by atoms with Crippen molar-refractivity contribution in [2.45, 2.75) is 5.33 Å². The first-order valence-corrected chi connectivity index (χ1v) is 10.2. The second-order valence-corrected chi connectivity index (χ2v) is 8.13. The Morgan fingerprint density at radius 3 is 2.00 bits per heavy atom. The third-order valence-electron chi connectivity index (χ3n) is 1.78. The molecule has 0 amide bonds. The molecule has 0 radical (unpaired) electrons. The first kappa shape index (κ1) is 16.7. The molecule has 1 aromatic carbocycles. The molecule has 108 valence electrons. The standard InChI is InChI=1S/C9H10Br2O6S2/c1-18(12,13)16-8-4-3-7(11)6(5-10)9(8)17-19(2,14)15/h3-4H,5H2,1-2H3. The van der Waals surface area contributed by atoms with E-state index in [9.17, 15) is 16.8 Å². The normalized spacial score (nSPS) is 12.2. The van der Waals surface area contributed by atoms with E-state index in [1.54, 1.807) is 0 Å². The van der Waals surface area contributed by atoms with Gasteiger partial charge in [-0.2, -0.15) is 16.8 Å². The van der Waals surface area contributed by atoms with Crippen LogP contribution in [-0.4, -0.2) is 29.3 Å². The van der Waals surface area contributed by atoms with Crippen LogP contribution in [0.15, 0.2) is 16.6 Å². The van der Waals surface area contributed by atoms with Crippen molar-refractivity contribution < 1.29 is 25.2 Å². The molecule has 0 saturated heterocycles. The van der Waals surface area contributed by atoms with Crippen LogP contribution >= 0.6 is 31.9 Å². The molecule has 0 unspecified atom stereocenters. The molecule has 1 rings (SSSR count). The third kappa shape index (κ3) is 5.28. The van der Waals surface area contributed by atoms with Gasteiger partial charge in [-0.1, -0.05) is 31.9 Å². The minimum absolute atomic E-state index is 0.167. The zero-order valence-electron chi connectivity index (χ0n) is 9.88. The summed E-state index contributed by atoms with van der Waals surface area (Å²) in [5.74, 6) is -0.357. The molecule has 0 N–H and O–H groups in total. The number of hydrogen-bond donors (Lipinski definition) is 0. The van der Waals surface area contributed by atoms with Crippen LogP contribution in [-0.2, 0) is 25.6 Å². The van der Waals surface area contributed by atoms with E-state index in [0.29, 0.717) is 10.0 Å². The van der Waals surface area contributed by atoms with Gasteiger partial charge in [0.25, 0.3) is 0 Å². The van der Waals surface area contributed by atoms with Crippen LogP contribution in [0.25, 0.3) is 0 Å². The highest BCUT2D eigenvalue weighted by molar-refractivity contribution is 9.10. The van der Waals surface area contributed by atoms with Crippen molar-refractivity contribution in [2.75, 3.05) is 12.5 Å². The number of benzene rings is 1. The Morgan fingerprint density at radius 2 is 1.58 bits per heavy atom. The maximum absolute atomic E-state index is 11.2. The summed E-state index contributed by atoms with van der Waals surface area (Å²) in [5.41, 5.74) is 0.423. The van der Waals surface area contributed by atoms with Crippen molar-refractivity contribution >= 4 is 52.1 Å². The van der Waals surface area contributed by atoms with Crippen molar-refractivity contribution in [3.8, 4) is 11.5 Å². The summed E-state index contributed by atoms with van der Waals surface area (Å²) in [6, 6.07) is 2.84. The van der Waals surface area contributed by atoms with E-state index in [4.69, 9.17) is 8.37 Å². The van der Waals surface area contributed by atoms with Gasteiger partial charge in [0, 0.05) is 15.4 Å². The number of hydrogen-bond acceptors (Lipinski definition) is 6. The number of rotatable bonds is 5. The molecule has 10 heteroatoms. The summed E-state index contributed by atoms with van der Waals surface area (Å²) in [6.45, 7) is 0. The topological polar surface area (TPSA) is 86.7 Å². The monoisotopic (exact) mass is 436 g/mol. The fourth-order valence-corrected chi connectivity index (χ4v) is 3.51. The van der Waals surface area contributed by atoms with E-state index in [0.717, 1.165) is 12.5 Å². The Hall–Kier alpha value is -0.320. The molecular weight excluding hydrogens is 428 g/mol. The predicted molar refractivity (Wildman–Crippen MR) is 77.7 cm³/mol. The molecule has 0 saturated carbocycles. The van der Waals surface area contributed by atoms with Gasteiger partial charge in [0.15, 0.2) is 11.5 Å². The number of alkyl halides is 1. The molecule has 0 spiro atoms. The first-order chi connectivity index (χ1) is 8.53. The summed E-state index contributed by atoms with van der Waals surface area (Å²) in [4.78, 5) is 0. The highest BCUT2D eigenvalue weighted by Crippen LogP contribution is 2.39. The van der Waals surface area contributed by atoms with Crippen molar-refractivity contribution in [1.29, 1.82) is 0 Å². The molecule has 0 aliphatic carbocycles. The van der Waals surface area contributed by atoms with Gasteiger partial charge >= 0.3 is 20.2 Å². The average Bonchev–Trinajstić information content (AvgIpc) is 2.19. The third-order valence-corrected chi connectivity index (χ3v) is 4.03. The maximum Gasteiger partial charge on any atom is 0.306 e. The molecule has 0 fully saturated rings. The Morgan fingerprint density at radius 1 is 1.05 bits per heavy atom. The lowest BCUT2D eigenvalue weighted by Crippen LogP contribution is -2.12. The van der Waals surface area contributed by atoms with Crippen molar-refractivity contribution in [1.82, 2.24) is 0 Å².